The molecule has 1 aromatic heterocycles. The highest BCUT2D eigenvalue weighted by atomic mass is 19.1. The van der Waals surface area contributed by atoms with Crippen molar-refractivity contribution in [2.24, 2.45) is 0 Å². The van der Waals surface area contributed by atoms with Crippen LogP contribution in [0.25, 0.3) is 10.9 Å². The summed E-state index contributed by atoms with van der Waals surface area (Å²) in [4.78, 5) is 11.3. The first-order valence-electron chi connectivity index (χ1n) is 5.90. The molecule has 2 aromatic rings. The molecule has 0 fully saturated rings. The number of rotatable bonds is 1. The molecular weight excluding hydrogens is 252 g/mol. The van der Waals surface area contributed by atoms with Crippen LogP contribution in [0.4, 0.5) is 8.78 Å². The van der Waals surface area contributed by atoms with E-state index in [1.54, 1.807) is 20.8 Å². The molecule has 0 aliphatic rings. The fourth-order valence-corrected chi connectivity index (χ4v) is 1.90. The molecule has 19 heavy (non-hydrogen) atoms. The predicted molar refractivity (Wildman–Crippen MR) is 68.5 cm³/mol. The van der Waals surface area contributed by atoms with Crippen LogP contribution in [0.5, 0.6) is 5.75 Å². The molecule has 102 valence electrons. The van der Waals surface area contributed by atoms with Crippen molar-refractivity contribution in [1.82, 2.24) is 4.57 Å². The molecule has 0 spiro atoms. The molecule has 0 saturated heterocycles. The fourth-order valence-electron chi connectivity index (χ4n) is 1.90. The van der Waals surface area contributed by atoms with Crippen LogP contribution in [-0.4, -0.2) is 16.1 Å². The minimum atomic E-state index is -0.684. The maximum absolute atomic E-state index is 14.2. The van der Waals surface area contributed by atoms with Crippen molar-refractivity contribution < 1.29 is 18.3 Å². The van der Waals surface area contributed by atoms with E-state index in [1.807, 2.05) is 0 Å². The van der Waals surface area contributed by atoms with E-state index in [0.29, 0.717) is 0 Å². The lowest BCUT2D eigenvalue weighted by Gasteiger charge is -2.22. The topological polar surface area (TPSA) is 31.2 Å². The smallest absolute Gasteiger partial charge is 0.228 e. The summed E-state index contributed by atoms with van der Waals surface area (Å²) in [5, 5.41) is 0.0365. The first kappa shape index (κ1) is 13.5. The van der Waals surface area contributed by atoms with Gasteiger partial charge in [-0.05, 0) is 26.8 Å². The first-order chi connectivity index (χ1) is 8.70. The van der Waals surface area contributed by atoms with E-state index in [2.05, 4.69) is 0 Å². The molecule has 0 N–H and O–H groups in total. The Hall–Kier alpha value is -1.91. The van der Waals surface area contributed by atoms with Gasteiger partial charge in [-0.3, -0.25) is 9.36 Å². The molecule has 0 saturated carbocycles. The number of fused-ring (bicyclic) bond motifs is 1. The second-order valence-electron chi connectivity index (χ2n) is 5.35. The van der Waals surface area contributed by atoms with Gasteiger partial charge in [-0.1, -0.05) is 0 Å². The molecule has 3 nitrogen and oxygen atoms in total. The molecule has 0 unspecified atom stereocenters. The number of hydrogen-bond acceptors (Lipinski definition) is 2. The van der Waals surface area contributed by atoms with Crippen LogP contribution >= 0.6 is 0 Å². The van der Waals surface area contributed by atoms with Crippen LogP contribution in [0.2, 0.25) is 0 Å². The van der Waals surface area contributed by atoms with Gasteiger partial charge in [0, 0.05) is 24.6 Å². The van der Waals surface area contributed by atoms with E-state index in [1.165, 1.54) is 19.2 Å². The number of benzene rings is 1. The second-order valence-corrected chi connectivity index (χ2v) is 5.35. The van der Waals surface area contributed by atoms with Gasteiger partial charge in [0.1, 0.15) is 5.60 Å². The summed E-state index contributed by atoms with van der Waals surface area (Å²) in [5.74, 6) is -1.88. The van der Waals surface area contributed by atoms with Gasteiger partial charge < -0.3 is 4.74 Å². The Morgan fingerprint density at radius 1 is 1.32 bits per heavy atom. The van der Waals surface area contributed by atoms with Gasteiger partial charge in [0.15, 0.2) is 17.4 Å². The Balaban J connectivity index is 2.67. The van der Waals surface area contributed by atoms with Crippen LogP contribution in [0.3, 0.4) is 0 Å². The number of carbonyl (C=O) groups excluding carboxylic acids is 1. The van der Waals surface area contributed by atoms with Crippen molar-refractivity contribution in [3.05, 3.63) is 30.0 Å². The summed E-state index contributed by atoms with van der Waals surface area (Å²) in [6.45, 7) is 6.52. The lowest BCUT2D eigenvalue weighted by atomic mass is 10.1. The quantitative estimate of drug-likeness (QED) is 0.787. The van der Waals surface area contributed by atoms with E-state index in [4.69, 9.17) is 4.74 Å². The van der Waals surface area contributed by atoms with Crippen molar-refractivity contribution in [1.29, 1.82) is 0 Å². The van der Waals surface area contributed by atoms with Crippen LogP contribution in [0, 0.1) is 11.6 Å². The van der Waals surface area contributed by atoms with E-state index in [9.17, 15) is 13.6 Å². The van der Waals surface area contributed by atoms with Crippen molar-refractivity contribution in [2.45, 2.75) is 33.3 Å². The maximum atomic E-state index is 14.2. The average Bonchev–Trinajstić information content (AvgIpc) is 2.68. The SMILES string of the molecule is CC(=O)n1ccc2c(F)c(OC(C)(C)C)cc(F)c21. The Labute approximate surface area is 109 Å². The highest BCUT2D eigenvalue weighted by Crippen LogP contribution is 2.31. The maximum Gasteiger partial charge on any atom is 0.228 e. The van der Waals surface area contributed by atoms with Crippen LogP contribution < -0.4 is 4.74 Å². The molecule has 1 aromatic carbocycles. The predicted octanol–water partition coefficient (Wildman–Crippen LogP) is 3.76. The minimum absolute atomic E-state index is 0.0365. The van der Waals surface area contributed by atoms with E-state index >= 15 is 0 Å². The highest BCUT2D eigenvalue weighted by Gasteiger charge is 2.21. The number of ether oxygens (including phenoxy) is 1. The Morgan fingerprint density at radius 2 is 1.95 bits per heavy atom. The standard InChI is InChI=1S/C14H15F2NO2/c1-8(18)17-6-5-9-12(16)11(19-14(2,3)4)7-10(15)13(9)17/h5-7H,1-4H3. The zero-order valence-electron chi connectivity index (χ0n) is 11.3. The van der Waals surface area contributed by atoms with Crippen molar-refractivity contribution in [3.63, 3.8) is 0 Å². The summed E-state index contributed by atoms with van der Waals surface area (Å²) in [6.07, 6.45) is 1.35. The monoisotopic (exact) mass is 267 g/mol. The molecule has 2 rings (SSSR count). The van der Waals surface area contributed by atoms with E-state index < -0.39 is 17.2 Å². The van der Waals surface area contributed by atoms with Gasteiger partial charge in [-0.25, -0.2) is 8.78 Å². The van der Waals surface area contributed by atoms with E-state index in [0.717, 1.165) is 10.6 Å². The highest BCUT2D eigenvalue weighted by molar-refractivity contribution is 5.92. The minimum Gasteiger partial charge on any atom is -0.485 e. The molecule has 0 aliphatic heterocycles. The van der Waals surface area contributed by atoms with Gasteiger partial charge in [-0.2, -0.15) is 0 Å². The number of carbonyl (C=O) groups is 1. The van der Waals surface area contributed by atoms with Gasteiger partial charge >= 0.3 is 0 Å². The summed E-state index contributed by atoms with van der Waals surface area (Å²) in [5.41, 5.74) is -0.698. The zero-order chi connectivity index (χ0) is 14.4. The molecule has 0 atom stereocenters. The van der Waals surface area contributed by atoms with Gasteiger partial charge in [-0.15, -0.1) is 0 Å². The normalized spacial score (nSPS) is 11.9. The number of halogens is 2. The molecule has 0 aliphatic carbocycles. The third kappa shape index (κ3) is 2.45. The van der Waals surface area contributed by atoms with Crippen molar-refractivity contribution >= 4 is 16.8 Å². The van der Waals surface area contributed by atoms with Gasteiger partial charge in [0.25, 0.3) is 0 Å². The number of aromatic nitrogens is 1. The molecule has 0 amide bonds. The average molecular weight is 267 g/mol. The summed E-state index contributed by atoms with van der Waals surface area (Å²) >= 11 is 0. The lowest BCUT2D eigenvalue weighted by Crippen LogP contribution is -2.23. The number of nitrogens with zero attached hydrogens (tertiary/aromatic N) is 1. The van der Waals surface area contributed by atoms with Crippen LogP contribution in [0.1, 0.15) is 32.5 Å². The Bertz CT molecular complexity index is 653. The lowest BCUT2D eigenvalue weighted by molar-refractivity contribution is 0.0940. The summed E-state index contributed by atoms with van der Waals surface area (Å²) < 4.78 is 34.7. The van der Waals surface area contributed by atoms with Crippen LogP contribution in [-0.2, 0) is 0 Å². The summed E-state index contributed by atoms with van der Waals surface area (Å²) in [6, 6.07) is 2.34. The zero-order valence-corrected chi connectivity index (χ0v) is 11.3. The molecule has 5 heteroatoms. The molecule has 0 radical (unpaired) electrons. The number of hydrogen-bond donors (Lipinski definition) is 0. The Kier molecular flexibility index (Phi) is 3.08. The second kappa shape index (κ2) is 4.33. The molecule has 0 bridgehead atoms. The van der Waals surface area contributed by atoms with Gasteiger partial charge in [0.2, 0.25) is 5.91 Å². The van der Waals surface area contributed by atoms with Crippen molar-refractivity contribution in [2.75, 3.05) is 0 Å². The Morgan fingerprint density at radius 3 is 2.47 bits per heavy atom. The largest absolute Gasteiger partial charge is 0.485 e. The van der Waals surface area contributed by atoms with Crippen molar-refractivity contribution in [3.8, 4) is 5.75 Å². The van der Waals surface area contributed by atoms with Crippen LogP contribution in [0.15, 0.2) is 18.3 Å². The summed E-state index contributed by atoms with van der Waals surface area (Å²) in [7, 11) is 0. The molecular formula is C14H15F2NO2. The third-order valence-corrected chi connectivity index (χ3v) is 2.58. The fraction of sp³-hybridized carbons (Fsp3) is 0.357. The van der Waals surface area contributed by atoms with E-state index in [-0.39, 0.29) is 22.6 Å². The first-order valence-corrected chi connectivity index (χ1v) is 5.90. The molecule has 1 heterocycles. The third-order valence-electron chi connectivity index (χ3n) is 2.58. The van der Waals surface area contributed by atoms with Gasteiger partial charge in [0.05, 0.1) is 5.52 Å².